The highest BCUT2D eigenvalue weighted by atomic mass is 16.5. The lowest BCUT2D eigenvalue weighted by Gasteiger charge is -2.30. The van der Waals surface area contributed by atoms with Crippen LogP contribution in [0.2, 0.25) is 0 Å². The van der Waals surface area contributed by atoms with Crippen molar-refractivity contribution in [1.29, 1.82) is 0 Å². The molecular weight excluding hydrogens is 218 g/mol. The molecule has 4 nitrogen and oxygen atoms in total. The van der Waals surface area contributed by atoms with E-state index < -0.39 is 5.97 Å². The summed E-state index contributed by atoms with van der Waals surface area (Å²) in [4.78, 5) is 13.6. The molecular formula is C13H21NO3. The van der Waals surface area contributed by atoms with Gasteiger partial charge in [0, 0.05) is 25.2 Å². The number of fused-ring (bicyclic) bond motifs is 2. The first-order valence-electron chi connectivity index (χ1n) is 6.82. The van der Waals surface area contributed by atoms with E-state index in [0.717, 1.165) is 39.0 Å². The fourth-order valence-electron chi connectivity index (χ4n) is 3.90. The van der Waals surface area contributed by atoms with Crippen molar-refractivity contribution in [2.24, 2.45) is 11.8 Å². The van der Waals surface area contributed by atoms with Crippen molar-refractivity contribution in [3.63, 3.8) is 0 Å². The summed E-state index contributed by atoms with van der Waals surface area (Å²) in [6.07, 6.45) is 5.55. The van der Waals surface area contributed by atoms with E-state index in [1.165, 1.54) is 12.8 Å². The SMILES string of the molecule is O=C(O)C1CC2CCC1N2CC1CCCOC1. The van der Waals surface area contributed by atoms with E-state index in [-0.39, 0.29) is 5.92 Å². The van der Waals surface area contributed by atoms with Gasteiger partial charge in [0.1, 0.15) is 0 Å². The Bertz CT molecular complexity index is 301. The highest BCUT2D eigenvalue weighted by Crippen LogP contribution is 2.42. The normalized spacial score (nSPS) is 41.9. The first-order chi connectivity index (χ1) is 8.25. The number of hydrogen-bond donors (Lipinski definition) is 1. The summed E-state index contributed by atoms with van der Waals surface area (Å²) < 4.78 is 5.51. The van der Waals surface area contributed by atoms with Crippen LogP contribution in [-0.4, -0.2) is 47.8 Å². The van der Waals surface area contributed by atoms with Crippen molar-refractivity contribution >= 4 is 5.97 Å². The van der Waals surface area contributed by atoms with Gasteiger partial charge in [0.25, 0.3) is 0 Å². The van der Waals surface area contributed by atoms with Crippen LogP contribution in [-0.2, 0) is 9.53 Å². The van der Waals surface area contributed by atoms with Crippen LogP contribution < -0.4 is 0 Å². The largest absolute Gasteiger partial charge is 0.481 e. The molecule has 3 aliphatic rings. The lowest BCUT2D eigenvalue weighted by atomic mass is 9.89. The van der Waals surface area contributed by atoms with Gasteiger partial charge in [0.05, 0.1) is 12.5 Å². The zero-order chi connectivity index (χ0) is 11.8. The number of nitrogens with zero attached hydrogens (tertiary/aromatic N) is 1. The summed E-state index contributed by atoms with van der Waals surface area (Å²) in [5.74, 6) is -0.0836. The van der Waals surface area contributed by atoms with Gasteiger partial charge < -0.3 is 9.84 Å². The van der Waals surface area contributed by atoms with Crippen LogP contribution in [0.1, 0.15) is 32.1 Å². The lowest BCUT2D eigenvalue weighted by Crippen LogP contribution is -2.38. The maximum atomic E-state index is 11.2. The van der Waals surface area contributed by atoms with E-state index in [9.17, 15) is 9.90 Å². The molecule has 4 atom stereocenters. The standard InChI is InChI=1S/C13H21NO3/c15-13(16)11-6-10-3-4-12(11)14(10)7-9-2-1-5-17-8-9/h9-12H,1-8H2,(H,15,16). The summed E-state index contributed by atoms with van der Waals surface area (Å²) in [7, 11) is 0. The molecule has 0 aliphatic carbocycles. The molecule has 96 valence electrons. The minimum absolute atomic E-state index is 0.113. The molecule has 3 fully saturated rings. The van der Waals surface area contributed by atoms with Crippen LogP contribution in [0.5, 0.6) is 0 Å². The molecule has 0 amide bonds. The monoisotopic (exact) mass is 239 g/mol. The summed E-state index contributed by atoms with van der Waals surface area (Å²) in [5.41, 5.74) is 0. The van der Waals surface area contributed by atoms with E-state index in [0.29, 0.717) is 18.0 Å². The van der Waals surface area contributed by atoms with Gasteiger partial charge in [-0.15, -0.1) is 0 Å². The third-order valence-electron chi connectivity index (χ3n) is 4.72. The molecule has 1 N–H and O–H groups in total. The number of carboxylic acid groups (broad SMARTS) is 1. The zero-order valence-electron chi connectivity index (χ0n) is 10.2. The molecule has 0 aromatic heterocycles. The van der Waals surface area contributed by atoms with Crippen LogP contribution in [0.25, 0.3) is 0 Å². The smallest absolute Gasteiger partial charge is 0.308 e. The van der Waals surface area contributed by atoms with Crippen molar-refractivity contribution in [3.8, 4) is 0 Å². The molecule has 17 heavy (non-hydrogen) atoms. The molecule has 0 radical (unpaired) electrons. The maximum Gasteiger partial charge on any atom is 0.308 e. The Kier molecular flexibility index (Phi) is 3.09. The van der Waals surface area contributed by atoms with Crippen molar-refractivity contribution in [2.45, 2.75) is 44.2 Å². The maximum absolute atomic E-state index is 11.2. The number of ether oxygens (including phenoxy) is 1. The van der Waals surface area contributed by atoms with E-state index in [4.69, 9.17) is 4.74 Å². The van der Waals surface area contributed by atoms with Gasteiger partial charge >= 0.3 is 5.97 Å². The predicted octanol–water partition coefficient (Wildman–Crippen LogP) is 1.35. The number of aliphatic carboxylic acids is 1. The summed E-state index contributed by atoms with van der Waals surface area (Å²) in [5, 5.41) is 9.21. The van der Waals surface area contributed by atoms with Gasteiger partial charge in [0.2, 0.25) is 0 Å². The van der Waals surface area contributed by atoms with Gasteiger partial charge in [-0.2, -0.15) is 0 Å². The number of carbonyl (C=O) groups is 1. The Morgan fingerprint density at radius 2 is 2.24 bits per heavy atom. The first-order valence-corrected chi connectivity index (χ1v) is 6.82. The third-order valence-corrected chi connectivity index (χ3v) is 4.72. The van der Waals surface area contributed by atoms with Crippen molar-refractivity contribution in [1.82, 2.24) is 4.90 Å². The Hall–Kier alpha value is -0.610. The number of rotatable bonds is 3. The van der Waals surface area contributed by atoms with E-state index >= 15 is 0 Å². The molecule has 3 heterocycles. The van der Waals surface area contributed by atoms with Gasteiger partial charge in [-0.1, -0.05) is 0 Å². The molecule has 3 rings (SSSR count). The second kappa shape index (κ2) is 4.58. The average molecular weight is 239 g/mol. The van der Waals surface area contributed by atoms with E-state index in [2.05, 4.69) is 4.90 Å². The van der Waals surface area contributed by atoms with Crippen LogP contribution in [0.15, 0.2) is 0 Å². The minimum Gasteiger partial charge on any atom is -0.481 e. The topological polar surface area (TPSA) is 49.8 Å². The fraction of sp³-hybridized carbons (Fsp3) is 0.923. The van der Waals surface area contributed by atoms with Crippen LogP contribution in [0, 0.1) is 11.8 Å². The molecule has 4 unspecified atom stereocenters. The average Bonchev–Trinajstić information content (AvgIpc) is 2.88. The van der Waals surface area contributed by atoms with E-state index in [1.807, 2.05) is 0 Å². The zero-order valence-corrected chi connectivity index (χ0v) is 10.2. The second-order valence-corrected chi connectivity index (χ2v) is 5.76. The molecule has 4 heteroatoms. The Balaban J connectivity index is 1.62. The number of hydrogen-bond acceptors (Lipinski definition) is 3. The van der Waals surface area contributed by atoms with Crippen LogP contribution in [0.4, 0.5) is 0 Å². The second-order valence-electron chi connectivity index (χ2n) is 5.76. The molecule has 3 aliphatic heterocycles. The van der Waals surface area contributed by atoms with Crippen molar-refractivity contribution in [2.75, 3.05) is 19.8 Å². The summed E-state index contributed by atoms with van der Waals surface area (Å²) >= 11 is 0. The quantitative estimate of drug-likeness (QED) is 0.807. The minimum atomic E-state index is -0.595. The predicted molar refractivity (Wildman–Crippen MR) is 62.8 cm³/mol. The van der Waals surface area contributed by atoms with Gasteiger partial charge in [-0.3, -0.25) is 9.69 Å². The van der Waals surface area contributed by atoms with Crippen LogP contribution in [0.3, 0.4) is 0 Å². The summed E-state index contributed by atoms with van der Waals surface area (Å²) in [6.45, 7) is 2.83. The van der Waals surface area contributed by atoms with Gasteiger partial charge in [-0.05, 0) is 38.0 Å². The van der Waals surface area contributed by atoms with Gasteiger partial charge in [-0.25, -0.2) is 0 Å². The fourth-order valence-corrected chi connectivity index (χ4v) is 3.90. The lowest BCUT2D eigenvalue weighted by molar-refractivity contribution is -0.142. The van der Waals surface area contributed by atoms with Crippen molar-refractivity contribution < 1.29 is 14.6 Å². The Morgan fingerprint density at radius 1 is 1.35 bits per heavy atom. The molecule has 2 bridgehead atoms. The third kappa shape index (κ3) is 2.08. The Morgan fingerprint density at radius 3 is 2.88 bits per heavy atom. The van der Waals surface area contributed by atoms with Gasteiger partial charge in [0.15, 0.2) is 0 Å². The van der Waals surface area contributed by atoms with Crippen molar-refractivity contribution in [3.05, 3.63) is 0 Å². The van der Waals surface area contributed by atoms with Crippen LogP contribution >= 0.6 is 0 Å². The molecule has 3 saturated heterocycles. The Labute approximate surface area is 102 Å². The molecule has 0 aromatic rings. The molecule has 0 saturated carbocycles. The molecule has 0 spiro atoms. The summed E-state index contributed by atoms with van der Waals surface area (Å²) in [6, 6.07) is 0.836. The van der Waals surface area contributed by atoms with E-state index in [1.54, 1.807) is 0 Å². The number of carboxylic acids is 1. The highest BCUT2D eigenvalue weighted by Gasteiger charge is 2.49. The highest BCUT2D eigenvalue weighted by molar-refractivity contribution is 5.71. The first kappa shape index (κ1) is 11.5. The molecule has 0 aromatic carbocycles.